The van der Waals surface area contributed by atoms with Crippen LogP contribution in [0.25, 0.3) is 0 Å². The van der Waals surface area contributed by atoms with Crippen molar-refractivity contribution in [3.63, 3.8) is 0 Å². The van der Waals surface area contributed by atoms with Crippen molar-refractivity contribution in [1.82, 2.24) is 10.2 Å². The number of hydrogen-bond acceptors (Lipinski definition) is 3. The molecule has 30 heavy (non-hydrogen) atoms. The first-order chi connectivity index (χ1) is 14.2. The molecule has 1 aliphatic carbocycles. The van der Waals surface area contributed by atoms with E-state index in [0.717, 1.165) is 31.7 Å². The molecule has 3 rings (SSSR count). The molecule has 1 N–H and O–H groups in total. The van der Waals surface area contributed by atoms with Crippen LogP contribution in [0, 0.1) is 0 Å². The summed E-state index contributed by atoms with van der Waals surface area (Å²) in [6, 6.07) is 21.7. The van der Waals surface area contributed by atoms with Gasteiger partial charge in [0, 0.05) is 30.4 Å². The van der Waals surface area contributed by atoms with E-state index in [2.05, 4.69) is 96.6 Å². The van der Waals surface area contributed by atoms with E-state index in [1.54, 1.807) is 0 Å². The van der Waals surface area contributed by atoms with Crippen molar-refractivity contribution in [2.75, 3.05) is 31.1 Å². The van der Waals surface area contributed by atoms with Gasteiger partial charge >= 0.3 is 6.09 Å². The molecule has 0 unspecified atom stereocenters. The van der Waals surface area contributed by atoms with Crippen LogP contribution in [0.1, 0.15) is 30.9 Å². The van der Waals surface area contributed by atoms with Crippen LogP contribution in [0.5, 0.6) is 0 Å². The van der Waals surface area contributed by atoms with E-state index in [4.69, 9.17) is 4.74 Å². The fourth-order valence-electron chi connectivity index (χ4n) is 3.96. The summed E-state index contributed by atoms with van der Waals surface area (Å²) >= 11 is 0. The molecule has 0 aliphatic heterocycles. The number of nitrogens with zero attached hydrogens (tertiary/aromatic N) is 1. The second-order valence-corrected chi connectivity index (χ2v) is 14.1. The summed E-state index contributed by atoms with van der Waals surface area (Å²) in [4.78, 5) is 14.8. The first kappa shape index (κ1) is 22.7. The molecular weight excluding hydrogens is 392 g/mol. The maximum absolute atomic E-state index is 12.3. The Hall–Kier alpha value is -1.98. The lowest BCUT2D eigenvalue weighted by Crippen LogP contribution is -2.61. The average molecular weight is 429 g/mol. The molecule has 0 atom stereocenters. The zero-order valence-electron chi connectivity index (χ0n) is 18.8. The summed E-state index contributed by atoms with van der Waals surface area (Å²) in [6.45, 7) is 4.45. The number of hydrogen-bond donors (Lipinski definition) is 1. The highest BCUT2D eigenvalue weighted by Gasteiger charge is 2.44. The highest BCUT2D eigenvalue weighted by molar-refractivity contribution is 8.32. The van der Waals surface area contributed by atoms with Gasteiger partial charge in [-0.2, -0.15) is 0 Å². The number of alkyl carbamates (subject to hydrolysis) is 1. The van der Waals surface area contributed by atoms with Gasteiger partial charge in [0.1, 0.15) is 6.61 Å². The summed E-state index contributed by atoms with van der Waals surface area (Å²) in [7, 11) is -0.646. The van der Waals surface area contributed by atoms with E-state index in [9.17, 15) is 4.79 Å². The second-order valence-electron chi connectivity index (χ2n) is 9.55. The molecule has 1 saturated carbocycles. The Balaban J connectivity index is 1.56. The van der Waals surface area contributed by atoms with Gasteiger partial charge in [0.2, 0.25) is 0 Å². The molecule has 0 spiro atoms. The van der Waals surface area contributed by atoms with Crippen LogP contribution in [-0.4, -0.2) is 53.7 Å². The smallest absolute Gasteiger partial charge is 0.407 e. The number of carbonyl (C=O) groups excluding carboxylic acids is 1. The Morgan fingerprint density at radius 2 is 1.50 bits per heavy atom. The van der Waals surface area contributed by atoms with Crippen molar-refractivity contribution < 1.29 is 9.53 Å². The lowest BCUT2D eigenvalue weighted by atomic mass is 9.73. The lowest BCUT2D eigenvalue weighted by Gasteiger charge is -2.50. The minimum atomic E-state index is -0.646. The molecule has 5 heteroatoms. The number of ether oxygens (including phenoxy) is 1. The zero-order valence-corrected chi connectivity index (χ0v) is 19.6. The molecule has 0 heterocycles. The largest absolute Gasteiger partial charge is 0.449 e. The summed E-state index contributed by atoms with van der Waals surface area (Å²) in [5.74, 6) is 0.946. The van der Waals surface area contributed by atoms with Crippen LogP contribution in [0.4, 0.5) is 4.79 Å². The summed E-state index contributed by atoms with van der Waals surface area (Å²) in [5.41, 5.74) is 2.44. The van der Waals surface area contributed by atoms with Crippen LogP contribution in [0.15, 0.2) is 60.7 Å². The predicted octanol–water partition coefficient (Wildman–Crippen LogP) is 5.03. The van der Waals surface area contributed by atoms with Crippen molar-refractivity contribution in [2.45, 2.75) is 44.4 Å². The normalized spacial score (nSPS) is 21.7. The number of nitrogens with one attached hydrogen (secondary N) is 1. The monoisotopic (exact) mass is 428 g/mol. The predicted molar refractivity (Wildman–Crippen MR) is 128 cm³/mol. The van der Waals surface area contributed by atoms with E-state index < -0.39 is 10.0 Å². The van der Waals surface area contributed by atoms with Gasteiger partial charge in [-0.05, 0) is 49.7 Å². The molecule has 0 aromatic heterocycles. The Labute approximate surface area is 183 Å². The maximum Gasteiger partial charge on any atom is 0.407 e. The zero-order chi connectivity index (χ0) is 21.6. The number of carbonyl (C=O) groups is 1. The van der Waals surface area contributed by atoms with Crippen molar-refractivity contribution in [2.24, 2.45) is 0 Å². The Kier molecular flexibility index (Phi) is 7.48. The number of benzene rings is 2. The molecule has 164 valence electrons. The number of rotatable bonds is 9. The Bertz CT molecular complexity index is 757. The van der Waals surface area contributed by atoms with Crippen LogP contribution in [0.3, 0.4) is 0 Å². The molecule has 2 aromatic carbocycles. The molecule has 1 fully saturated rings. The van der Waals surface area contributed by atoms with Gasteiger partial charge in [-0.25, -0.2) is 14.8 Å². The summed E-state index contributed by atoms with van der Waals surface area (Å²) in [5, 5.41) is 3.11. The molecule has 1 aliphatic rings. The maximum atomic E-state index is 12.3. The van der Waals surface area contributed by atoms with Gasteiger partial charge in [-0.15, -0.1) is 0 Å². The topological polar surface area (TPSA) is 41.6 Å². The first-order valence-corrected chi connectivity index (χ1v) is 13.7. The highest BCUT2D eigenvalue weighted by atomic mass is 32.3. The van der Waals surface area contributed by atoms with E-state index in [-0.39, 0.29) is 11.6 Å². The van der Waals surface area contributed by atoms with Gasteiger partial charge in [0.05, 0.1) is 0 Å². The third-order valence-electron chi connectivity index (χ3n) is 5.68. The molecular formula is C25H36N2O2S. The van der Waals surface area contributed by atoms with Crippen molar-refractivity contribution in [3.8, 4) is 0 Å². The molecule has 0 bridgehead atoms. The van der Waals surface area contributed by atoms with Crippen LogP contribution in [-0.2, 0) is 17.8 Å². The van der Waals surface area contributed by atoms with Crippen LogP contribution < -0.4 is 5.32 Å². The molecule has 0 saturated heterocycles. The minimum absolute atomic E-state index is 0.192. The van der Waals surface area contributed by atoms with E-state index >= 15 is 0 Å². The molecule has 0 radical (unpaired) electrons. The van der Waals surface area contributed by atoms with E-state index in [0.29, 0.717) is 12.6 Å². The SMILES string of the molecule is CS(C)(C)CCOC(=O)N[C@]1(C)C[C@H](N(Cc2ccccc2)Cc2ccccc2)C1. The van der Waals surface area contributed by atoms with Crippen LogP contribution >= 0.6 is 10.0 Å². The molecule has 2 aromatic rings. The molecule has 4 nitrogen and oxygen atoms in total. The average Bonchev–Trinajstić information content (AvgIpc) is 2.66. The van der Waals surface area contributed by atoms with Gasteiger partial charge in [0.25, 0.3) is 0 Å². The van der Waals surface area contributed by atoms with Crippen molar-refractivity contribution in [1.29, 1.82) is 0 Å². The van der Waals surface area contributed by atoms with E-state index in [1.807, 2.05) is 0 Å². The molecule has 1 amide bonds. The van der Waals surface area contributed by atoms with Crippen molar-refractivity contribution in [3.05, 3.63) is 71.8 Å². The fraction of sp³-hybridized carbons (Fsp3) is 0.480. The minimum Gasteiger partial charge on any atom is -0.449 e. The second kappa shape index (κ2) is 9.88. The van der Waals surface area contributed by atoms with Gasteiger partial charge < -0.3 is 10.1 Å². The first-order valence-electron chi connectivity index (χ1n) is 10.7. The summed E-state index contributed by atoms with van der Waals surface area (Å²) in [6.07, 6.45) is 8.30. The van der Waals surface area contributed by atoms with Gasteiger partial charge in [-0.3, -0.25) is 4.90 Å². The summed E-state index contributed by atoms with van der Waals surface area (Å²) < 4.78 is 5.43. The standard InChI is InChI=1S/C25H36N2O2S/c1-25(26-24(28)29-15-16-30(2,3)4)17-23(18-25)27(19-21-11-7-5-8-12-21)20-22-13-9-6-10-14-22/h5-14,23H,15-20H2,1-4H3,(H,26,28)/t23-,25+. The lowest BCUT2D eigenvalue weighted by molar-refractivity contribution is 0.0313. The highest BCUT2D eigenvalue weighted by Crippen LogP contribution is 2.37. The quantitative estimate of drug-likeness (QED) is 0.609. The van der Waals surface area contributed by atoms with Crippen molar-refractivity contribution >= 4 is 16.1 Å². The third-order valence-corrected chi connectivity index (χ3v) is 7.07. The Morgan fingerprint density at radius 1 is 1.00 bits per heavy atom. The van der Waals surface area contributed by atoms with E-state index in [1.165, 1.54) is 11.1 Å². The number of amides is 1. The van der Waals surface area contributed by atoms with Crippen LogP contribution in [0.2, 0.25) is 0 Å². The fourth-order valence-corrected chi connectivity index (χ4v) is 4.54. The third kappa shape index (κ3) is 7.06. The Morgan fingerprint density at radius 3 is 1.97 bits per heavy atom. The van der Waals surface area contributed by atoms with Gasteiger partial charge in [-0.1, -0.05) is 60.7 Å². The van der Waals surface area contributed by atoms with Gasteiger partial charge in [0.15, 0.2) is 0 Å².